The molecular weight excluding hydrogens is 122 g/mol. The van der Waals surface area contributed by atoms with Crippen molar-refractivity contribution < 1.29 is 0 Å². The van der Waals surface area contributed by atoms with E-state index in [9.17, 15) is 0 Å². The Labute approximate surface area is 63.7 Å². The summed E-state index contributed by atoms with van der Waals surface area (Å²) in [5.74, 6) is 0. The maximum absolute atomic E-state index is 2.41. The molecule has 0 bridgehead atoms. The minimum atomic E-state index is 1.25. The van der Waals surface area contributed by atoms with Crippen LogP contribution in [0.5, 0.6) is 0 Å². The standard InChI is InChI=1S/C9H17N/c1-2-3-4-7-10-8-5-6-9-10/h5,8H,2-4,6-7,9H2,1H3. The van der Waals surface area contributed by atoms with E-state index < -0.39 is 0 Å². The second kappa shape index (κ2) is 4.37. The first-order chi connectivity index (χ1) is 4.93. The lowest BCUT2D eigenvalue weighted by atomic mass is 10.2. The van der Waals surface area contributed by atoms with Gasteiger partial charge in [-0.15, -0.1) is 0 Å². The first kappa shape index (κ1) is 7.64. The Hall–Kier alpha value is -0.460. The third kappa shape index (κ3) is 2.42. The van der Waals surface area contributed by atoms with Crippen LogP contribution >= 0.6 is 0 Å². The van der Waals surface area contributed by atoms with Crippen LogP contribution in [0.4, 0.5) is 0 Å². The number of nitrogens with zero attached hydrogens (tertiary/aromatic N) is 1. The van der Waals surface area contributed by atoms with Crippen molar-refractivity contribution >= 4 is 0 Å². The van der Waals surface area contributed by atoms with Gasteiger partial charge in [0.15, 0.2) is 0 Å². The molecule has 0 amide bonds. The molecule has 0 aromatic carbocycles. The Morgan fingerprint density at radius 3 is 2.90 bits per heavy atom. The Bertz CT molecular complexity index is 107. The van der Waals surface area contributed by atoms with E-state index >= 15 is 0 Å². The molecule has 58 valence electrons. The highest BCUT2D eigenvalue weighted by atomic mass is 15.1. The zero-order valence-electron chi connectivity index (χ0n) is 6.84. The normalized spacial score (nSPS) is 16.7. The third-order valence-corrected chi connectivity index (χ3v) is 1.95. The van der Waals surface area contributed by atoms with Gasteiger partial charge in [-0.25, -0.2) is 0 Å². The summed E-state index contributed by atoms with van der Waals surface area (Å²) >= 11 is 0. The fourth-order valence-corrected chi connectivity index (χ4v) is 1.29. The van der Waals surface area contributed by atoms with Gasteiger partial charge in [-0.3, -0.25) is 0 Å². The molecule has 0 aliphatic carbocycles. The predicted molar refractivity (Wildman–Crippen MR) is 44.9 cm³/mol. The average molecular weight is 139 g/mol. The first-order valence-electron chi connectivity index (χ1n) is 4.34. The smallest absolute Gasteiger partial charge is 0.0207 e. The van der Waals surface area contributed by atoms with Gasteiger partial charge in [-0.05, 0) is 19.0 Å². The lowest BCUT2D eigenvalue weighted by Gasteiger charge is -2.13. The molecular formula is C9H17N. The number of hydrogen-bond donors (Lipinski definition) is 0. The van der Waals surface area contributed by atoms with Gasteiger partial charge >= 0.3 is 0 Å². The number of unbranched alkanes of at least 4 members (excludes halogenated alkanes) is 2. The molecule has 1 aliphatic rings. The van der Waals surface area contributed by atoms with Crippen LogP contribution in [0.25, 0.3) is 0 Å². The van der Waals surface area contributed by atoms with Crippen LogP contribution < -0.4 is 0 Å². The molecule has 10 heavy (non-hydrogen) atoms. The van der Waals surface area contributed by atoms with Crippen LogP contribution in [0.2, 0.25) is 0 Å². The monoisotopic (exact) mass is 139 g/mol. The summed E-state index contributed by atoms with van der Waals surface area (Å²) in [6.45, 7) is 4.77. The van der Waals surface area contributed by atoms with Crippen LogP contribution in [0.1, 0.15) is 32.6 Å². The van der Waals surface area contributed by atoms with Crippen molar-refractivity contribution in [2.45, 2.75) is 32.6 Å². The Kier molecular flexibility index (Phi) is 3.34. The highest BCUT2D eigenvalue weighted by molar-refractivity contribution is 4.90. The molecule has 0 saturated carbocycles. The van der Waals surface area contributed by atoms with Gasteiger partial charge in [0, 0.05) is 13.1 Å². The highest BCUT2D eigenvalue weighted by Crippen LogP contribution is 2.05. The fraction of sp³-hybridized carbons (Fsp3) is 0.778. The molecule has 1 aliphatic heterocycles. The van der Waals surface area contributed by atoms with Crippen molar-refractivity contribution in [3.8, 4) is 0 Å². The van der Waals surface area contributed by atoms with E-state index in [1.807, 2.05) is 0 Å². The summed E-state index contributed by atoms with van der Waals surface area (Å²) < 4.78 is 0. The molecule has 0 aromatic rings. The molecule has 0 aromatic heterocycles. The third-order valence-electron chi connectivity index (χ3n) is 1.95. The molecule has 0 unspecified atom stereocenters. The summed E-state index contributed by atoms with van der Waals surface area (Å²) in [7, 11) is 0. The maximum atomic E-state index is 2.41. The van der Waals surface area contributed by atoms with E-state index in [1.165, 1.54) is 38.8 Å². The largest absolute Gasteiger partial charge is 0.377 e. The van der Waals surface area contributed by atoms with Gasteiger partial charge in [0.05, 0.1) is 0 Å². The van der Waals surface area contributed by atoms with E-state index in [4.69, 9.17) is 0 Å². The summed E-state index contributed by atoms with van der Waals surface area (Å²) in [6, 6.07) is 0. The molecule has 0 radical (unpaired) electrons. The van der Waals surface area contributed by atoms with Crippen LogP contribution in [-0.2, 0) is 0 Å². The second-order valence-electron chi connectivity index (χ2n) is 2.92. The van der Waals surface area contributed by atoms with E-state index in [2.05, 4.69) is 24.1 Å². The molecule has 0 spiro atoms. The lowest BCUT2D eigenvalue weighted by Crippen LogP contribution is -2.15. The van der Waals surface area contributed by atoms with Gasteiger partial charge in [0.2, 0.25) is 0 Å². The van der Waals surface area contributed by atoms with Gasteiger partial charge < -0.3 is 4.90 Å². The Balaban J connectivity index is 1.97. The Morgan fingerprint density at radius 2 is 2.30 bits per heavy atom. The predicted octanol–water partition coefficient (Wildman–Crippen LogP) is 2.40. The van der Waals surface area contributed by atoms with Crippen molar-refractivity contribution in [3.05, 3.63) is 12.3 Å². The van der Waals surface area contributed by atoms with Gasteiger partial charge in [0.1, 0.15) is 0 Å². The second-order valence-corrected chi connectivity index (χ2v) is 2.92. The van der Waals surface area contributed by atoms with Crippen LogP contribution in [0.15, 0.2) is 12.3 Å². The summed E-state index contributed by atoms with van der Waals surface area (Å²) in [5, 5.41) is 0. The van der Waals surface area contributed by atoms with Crippen LogP contribution in [0.3, 0.4) is 0 Å². The summed E-state index contributed by atoms with van der Waals surface area (Å²) in [4.78, 5) is 2.41. The fourth-order valence-electron chi connectivity index (χ4n) is 1.29. The Morgan fingerprint density at radius 1 is 1.40 bits per heavy atom. The maximum Gasteiger partial charge on any atom is 0.0207 e. The zero-order chi connectivity index (χ0) is 7.23. The van der Waals surface area contributed by atoms with Gasteiger partial charge in [0.25, 0.3) is 0 Å². The van der Waals surface area contributed by atoms with Crippen molar-refractivity contribution in [1.82, 2.24) is 4.90 Å². The lowest BCUT2D eigenvalue weighted by molar-refractivity contribution is 0.392. The number of hydrogen-bond acceptors (Lipinski definition) is 1. The van der Waals surface area contributed by atoms with Crippen molar-refractivity contribution in [2.75, 3.05) is 13.1 Å². The van der Waals surface area contributed by atoms with E-state index in [0.717, 1.165) is 0 Å². The van der Waals surface area contributed by atoms with Crippen LogP contribution in [0, 0.1) is 0 Å². The molecule has 1 heterocycles. The molecule has 1 rings (SSSR count). The minimum absolute atomic E-state index is 1.25. The van der Waals surface area contributed by atoms with Crippen molar-refractivity contribution in [3.63, 3.8) is 0 Å². The van der Waals surface area contributed by atoms with Crippen LogP contribution in [-0.4, -0.2) is 18.0 Å². The van der Waals surface area contributed by atoms with E-state index in [-0.39, 0.29) is 0 Å². The highest BCUT2D eigenvalue weighted by Gasteiger charge is 2.01. The minimum Gasteiger partial charge on any atom is -0.377 e. The molecule has 0 N–H and O–H groups in total. The topological polar surface area (TPSA) is 3.24 Å². The molecule has 0 fully saturated rings. The summed E-state index contributed by atoms with van der Waals surface area (Å²) in [5.41, 5.74) is 0. The average Bonchev–Trinajstić information content (AvgIpc) is 2.41. The number of rotatable bonds is 4. The first-order valence-corrected chi connectivity index (χ1v) is 4.34. The molecule has 0 saturated heterocycles. The zero-order valence-corrected chi connectivity index (χ0v) is 6.84. The van der Waals surface area contributed by atoms with Crippen molar-refractivity contribution in [1.29, 1.82) is 0 Å². The van der Waals surface area contributed by atoms with Gasteiger partial charge in [-0.1, -0.05) is 25.8 Å². The molecule has 1 nitrogen and oxygen atoms in total. The quantitative estimate of drug-likeness (QED) is 0.540. The van der Waals surface area contributed by atoms with Crippen molar-refractivity contribution in [2.24, 2.45) is 0 Å². The SMILES string of the molecule is CCCCCN1C=CCC1. The molecule has 1 heteroatoms. The van der Waals surface area contributed by atoms with E-state index in [0.29, 0.717) is 0 Å². The van der Waals surface area contributed by atoms with Gasteiger partial charge in [-0.2, -0.15) is 0 Å². The molecule has 0 atom stereocenters. The summed E-state index contributed by atoms with van der Waals surface area (Å²) in [6.07, 6.45) is 9.82. The van der Waals surface area contributed by atoms with E-state index in [1.54, 1.807) is 0 Å².